The molecule has 1 heterocycles. The van der Waals surface area contributed by atoms with Gasteiger partial charge in [0.1, 0.15) is 5.54 Å². The van der Waals surface area contributed by atoms with Crippen molar-refractivity contribution in [1.82, 2.24) is 10.6 Å². The highest BCUT2D eigenvalue weighted by Gasteiger charge is 2.47. The van der Waals surface area contributed by atoms with Gasteiger partial charge in [-0.25, -0.2) is 0 Å². The van der Waals surface area contributed by atoms with Crippen molar-refractivity contribution in [3.05, 3.63) is 0 Å². The Hall–Kier alpha value is -0.640. The summed E-state index contributed by atoms with van der Waals surface area (Å²) >= 11 is 5.01. The Morgan fingerprint density at radius 2 is 1.88 bits per heavy atom. The molecule has 1 aliphatic carbocycles. The van der Waals surface area contributed by atoms with Crippen LogP contribution < -0.4 is 10.6 Å². The lowest BCUT2D eigenvalue weighted by atomic mass is 9.67. The summed E-state index contributed by atoms with van der Waals surface area (Å²) in [5.74, 6) is 0.784. The Labute approximate surface area is 102 Å². The fourth-order valence-electron chi connectivity index (χ4n) is 2.86. The Kier molecular flexibility index (Phi) is 2.73. The summed E-state index contributed by atoms with van der Waals surface area (Å²) < 4.78 is 0. The van der Waals surface area contributed by atoms with Gasteiger partial charge in [0.25, 0.3) is 5.91 Å². The molecule has 2 rings (SSSR count). The zero-order valence-corrected chi connectivity index (χ0v) is 11.0. The molecule has 0 aromatic rings. The second kappa shape index (κ2) is 3.69. The van der Waals surface area contributed by atoms with Gasteiger partial charge in [0.2, 0.25) is 0 Å². The first-order valence-electron chi connectivity index (χ1n) is 5.97. The molecule has 1 saturated carbocycles. The van der Waals surface area contributed by atoms with Crippen molar-refractivity contribution in [2.24, 2.45) is 11.3 Å². The largest absolute Gasteiger partial charge is 0.348 e. The first-order chi connectivity index (χ1) is 7.33. The van der Waals surface area contributed by atoms with Crippen LogP contribution in [0.25, 0.3) is 0 Å². The highest BCUT2D eigenvalue weighted by Crippen LogP contribution is 2.42. The summed E-state index contributed by atoms with van der Waals surface area (Å²) in [6.45, 7) is 6.84. The number of hydrogen-bond donors (Lipinski definition) is 2. The zero-order chi connectivity index (χ0) is 12.0. The van der Waals surface area contributed by atoms with Crippen LogP contribution in [0.2, 0.25) is 0 Å². The van der Waals surface area contributed by atoms with Gasteiger partial charge in [-0.15, -0.1) is 0 Å². The van der Waals surface area contributed by atoms with Crippen LogP contribution in [0, 0.1) is 11.3 Å². The Morgan fingerprint density at radius 3 is 2.25 bits per heavy atom. The molecule has 0 radical (unpaired) electrons. The SMILES string of the molecule is CC(C)(C)C1CCC2(CC1)NC(=S)NC2=O. The number of amides is 1. The van der Waals surface area contributed by atoms with Crippen LogP contribution in [-0.2, 0) is 4.79 Å². The summed E-state index contributed by atoms with van der Waals surface area (Å²) in [7, 11) is 0. The van der Waals surface area contributed by atoms with Crippen LogP contribution >= 0.6 is 12.2 Å². The maximum absolute atomic E-state index is 11.9. The summed E-state index contributed by atoms with van der Waals surface area (Å²) in [6, 6.07) is 0. The maximum atomic E-state index is 11.9. The van der Waals surface area contributed by atoms with Crippen LogP contribution in [-0.4, -0.2) is 16.6 Å². The molecule has 16 heavy (non-hydrogen) atoms. The Balaban J connectivity index is 2.05. The Morgan fingerprint density at radius 1 is 1.31 bits per heavy atom. The molecule has 1 amide bonds. The van der Waals surface area contributed by atoms with Crippen molar-refractivity contribution in [2.45, 2.75) is 52.0 Å². The highest BCUT2D eigenvalue weighted by molar-refractivity contribution is 7.80. The minimum atomic E-state index is -0.390. The van der Waals surface area contributed by atoms with E-state index in [1.807, 2.05) is 0 Å². The van der Waals surface area contributed by atoms with E-state index in [1.165, 1.54) is 0 Å². The third kappa shape index (κ3) is 1.95. The van der Waals surface area contributed by atoms with Crippen molar-refractivity contribution in [1.29, 1.82) is 0 Å². The lowest BCUT2D eigenvalue weighted by Crippen LogP contribution is -2.50. The van der Waals surface area contributed by atoms with Crippen LogP contribution in [0.4, 0.5) is 0 Å². The molecule has 1 aliphatic heterocycles. The molecule has 4 heteroatoms. The summed E-state index contributed by atoms with van der Waals surface area (Å²) in [5.41, 5.74) is -0.0456. The molecule has 3 nitrogen and oxygen atoms in total. The van der Waals surface area contributed by atoms with Gasteiger partial charge in [0.15, 0.2) is 5.11 Å². The Bertz CT molecular complexity index is 324. The van der Waals surface area contributed by atoms with Crippen LogP contribution in [0.5, 0.6) is 0 Å². The van der Waals surface area contributed by atoms with Gasteiger partial charge < -0.3 is 10.6 Å². The summed E-state index contributed by atoms with van der Waals surface area (Å²) in [4.78, 5) is 11.9. The van der Waals surface area contributed by atoms with Crippen molar-refractivity contribution < 1.29 is 4.79 Å². The third-order valence-corrected chi connectivity index (χ3v) is 4.28. The fourth-order valence-corrected chi connectivity index (χ4v) is 3.14. The van der Waals surface area contributed by atoms with Crippen LogP contribution in [0.1, 0.15) is 46.5 Å². The number of carbonyl (C=O) groups excluding carboxylic acids is 1. The molecule has 2 aliphatic rings. The van der Waals surface area contributed by atoms with E-state index < -0.39 is 5.54 Å². The molecule has 1 saturated heterocycles. The van der Waals surface area contributed by atoms with E-state index in [2.05, 4.69) is 31.4 Å². The molecular weight excluding hydrogens is 220 g/mol. The van der Waals surface area contributed by atoms with E-state index in [9.17, 15) is 4.79 Å². The molecule has 1 spiro atoms. The number of carbonyl (C=O) groups is 1. The normalized spacial score (nSPS) is 35.1. The van der Waals surface area contributed by atoms with E-state index in [4.69, 9.17) is 12.2 Å². The first-order valence-corrected chi connectivity index (χ1v) is 6.38. The van der Waals surface area contributed by atoms with Gasteiger partial charge in [0.05, 0.1) is 0 Å². The van der Waals surface area contributed by atoms with Gasteiger partial charge in [-0.1, -0.05) is 20.8 Å². The van der Waals surface area contributed by atoms with Crippen molar-refractivity contribution in [2.75, 3.05) is 0 Å². The van der Waals surface area contributed by atoms with Crippen molar-refractivity contribution in [3.8, 4) is 0 Å². The van der Waals surface area contributed by atoms with Crippen LogP contribution in [0.3, 0.4) is 0 Å². The average molecular weight is 240 g/mol. The number of hydrogen-bond acceptors (Lipinski definition) is 2. The van der Waals surface area contributed by atoms with Gasteiger partial charge in [-0.3, -0.25) is 4.79 Å². The van der Waals surface area contributed by atoms with Crippen LogP contribution in [0.15, 0.2) is 0 Å². The second-order valence-corrected chi connectivity index (χ2v) is 6.54. The molecule has 2 fully saturated rings. The number of nitrogens with one attached hydrogen (secondary N) is 2. The molecular formula is C12H20N2OS. The molecule has 0 atom stereocenters. The second-order valence-electron chi connectivity index (χ2n) is 6.13. The monoisotopic (exact) mass is 240 g/mol. The molecule has 0 aromatic heterocycles. The molecule has 90 valence electrons. The molecule has 0 unspecified atom stereocenters. The lowest BCUT2D eigenvalue weighted by Gasteiger charge is -2.40. The highest BCUT2D eigenvalue weighted by atomic mass is 32.1. The minimum absolute atomic E-state index is 0.0739. The standard InChI is InChI=1S/C12H20N2OS/c1-11(2,3)8-4-6-12(7-5-8)9(15)13-10(16)14-12/h8H,4-7H2,1-3H3,(H2,13,14,15,16). The van der Waals surface area contributed by atoms with Gasteiger partial charge >= 0.3 is 0 Å². The average Bonchev–Trinajstić information content (AvgIpc) is 2.41. The number of thiocarbonyl (C=S) groups is 1. The molecule has 2 N–H and O–H groups in total. The first kappa shape index (κ1) is 11.8. The number of rotatable bonds is 0. The third-order valence-electron chi connectivity index (χ3n) is 4.08. The van der Waals surface area contributed by atoms with E-state index in [0.717, 1.165) is 25.7 Å². The maximum Gasteiger partial charge on any atom is 0.251 e. The zero-order valence-electron chi connectivity index (χ0n) is 10.2. The quantitative estimate of drug-likeness (QED) is 0.636. The molecule has 0 aromatic carbocycles. The minimum Gasteiger partial charge on any atom is -0.348 e. The predicted octanol–water partition coefficient (Wildman–Crippen LogP) is 1.97. The van der Waals surface area contributed by atoms with E-state index in [-0.39, 0.29) is 5.91 Å². The summed E-state index contributed by atoms with van der Waals surface area (Å²) in [6.07, 6.45) is 4.01. The smallest absolute Gasteiger partial charge is 0.251 e. The summed E-state index contributed by atoms with van der Waals surface area (Å²) in [5, 5.41) is 6.37. The van der Waals surface area contributed by atoms with E-state index >= 15 is 0 Å². The van der Waals surface area contributed by atoms with Crippen molar-refractivity contribution >= 4 is 23.2 Å². The fraction of sp³-hybridized carbons (Fsp3) is 0.833. The van der Waals surface area contributed by atoms with Gasteiger partial charge in [0, 0.05) is 0 Å². The van der Waals surface area contributed by atoms with E-state index in [1.54, 1.807) is 0 Å². The van der Waals surface area contributed by atoms with Crippen molar-refractivity contribution in [3.63, 3.8) is 0 Å². The lowest BCUT2D eigenvalue weighted by molar-refractivity contribution is -0.125. The predicted molar refractivity (Wildman–Crippen MR) is 68.0 cm³/mol. The van der Waals surface area contributed by atoms with E-state index in [0.29, 0.717) is 16.4 Å². The topological polar surface area (TPSA) is 41.1 Å². The van der Waals surface area contributed by atoms with Gasteiger partial charge in [-0.05, 0) is 49.2 Å². The van der Waals surface area contributed by atoms with Gasteiger partial charge in [-0.2, -0.15) is 0 Å². The molecule has 0 bridgehead atoms.